The van der Waals surface area contributed by atoms with Gasteiger partial charge in [-0.15, -0.1) is 0 Å². The third-order valence-electron chi connectivity index (χ3n) is 6.25. The summed E-state index contributed by atoms with van der Waals surface area (Å²) in [5.74, 6) is 1.91. The van der Waals surface area contributed by atoms with Crippen LogP contribution in [0.4, 0.5) is 0 Å². The van der Waals surface area contributed by atoms with Crippen LogP contribution in [-0.2, 0) is 0 Å². The Labute approximate surface area is 168 Å². The van der Waals surface area contributed by atoms with Gasteiger partial charge >= 0.3 is 0 Å². The molecule has 0 nitrogen and oxygen atoms in total. The standard InChI is InChI=1S/C26H54/c1-5-7-9-11-12-13-14-15-16-17-18-20-22-26(4)24-23-25(3)21-19-10-8-6-2/h25-26H,5-24H2,1-4H3. The van der Waals surface area contributed by atoms with E-state index in [9.17, 15) is 0 Å². The molecule has 0 aliphatic carbocycles. The van der Waals surface area contributed by atoms with Crippen LogP contribution in [0.1, 0.15) is 156 Å². The third-order valence-corrected chi connectivity index (χ3v) is 6.25. The van der Waals surface area contributed by atoms with Gasteiger partial charge in [-0.2, -0.15) is 0 Å². The van der Waals surface area contributed by atoms with Crippen molar-refractivity contribution >= 4 is 0 Å². The van der Waals surface area contributed by atoms with Gasteiger partial charge in [0.25, 0.3) is 0 Å². The lowest BCUT2D eigenvalue weighted by Gasteiger charge is -2.15. The molecule has 0 radical (unpaired) electrons. The maximum Gasteiger partial charge on any atom is -0.0443 e. The smallest absolute Gasteiger partial charge is 0.0443 e. The highest BCUT2D eigenvalue weighted by molar-refractivity contribution is 4.60. The Morgan fingerprint density at radius 1 is 0.346 bits per heavy atom. The van der Waals surface area contributed by atoms with Crippen LogP contribution in [0, 0.1) is 11.8 Å². The molecule has 0 aromatic rings. The monoisotopic (exact) mass is 366 g/mol. The van der Waals surface area contributed by atoms with E-state index in [0.29, 0.717) is 0 Å². The average molecular weight is 367 g/mol. The Bertz CT molecular complexity index is 244. The molecule has 0 amide bonds. The van der Waals surface area contributed by atoms with Crippen molar-refractivity contribution < 1.29 is 0 Å². The second kappa shape index (κ2) is 21.3. The third kappa shape index (κ3) is 20.3. The first-order valence-corrected chi connectivity index (χ1v) is 12.7. The van der Waals surface area contributed by atoms with E-state index in [-0.39, 0.29) is 0 Å². The summed E-state index contributed by atoms with van der Waals surface area (Å²) in [7, 11) is 0. The van der Waals surface area contributed by atoms with Crippen LogP contribution in [0.5, 0.6) is 0 Å². The van der Waals surface area contributed by atoms with Gasteiger partial charge in [0.15, 0.2) is 0 Å². The van der Waals surface area contributed by atoms with Crippen LogP contribution >= 0.6 is 0 Å². The molecule has 0 fully saturated rings. The minimum atomic E-state index is 0.955. The summed E-state index contributed by atoms with van der Waals surface area (Å²) in [5.41, 5.74) is 0. The SMILES string of the molecule is CCCCCCCCCCCCCCC(C)CCC(C)CCCCCC. The topological polar surface area (TPSA) is 0 Å². The number of hydrogen-bond acceptors (Lipinski definition) is 0. The van der Waals surface area contributed by atoms with E-state index in [1.54, 1.807) is 0 Å². The van der Waals surface area contributed by atoms with Gasteiger partial charge in [0.1, 0.15) is 0 Å². The number of rotatable bonds is 21. The zero-order chi connectivity index (χ0) is 19.3. The Morgan fingerprint density at radius 2 is 0.615 bits per heavy atom. The van der Waals surface area contributed by atoms with Crippen LogP contribution in [0.25, 0.3) is 0 Å². The minimum absolute atomic E-state index is 0.955. The molecule has 0 heterocycles. The van der Waals surface area contributed by atoms with Crippen LogP contribution < -0.4 is 0 Å². The fourth-order valence-corrected chi connectivity index (χ4v) is 4.11. The lowest BCUT2D eigenvalue weighted by molar-refractivity contribution is 0.377. The normalized spacial score (nSPS) is 13.8. The van der Waals surface area contributed by atoms with E-state index < -0.39 is 0 Å². The maximum absolute atomic E-state index is 2.49. The lowest BCUT2D eigenvalue weighted by atomic mass is 9.91. The molecule has 0 spiro atoms. The highest BCUT2D eigenvalue weighted by Gasteiger charge is 2.07. The number of hydrogen-bond donors (Lipinski definition) is 0. The molecule has 0 rings (SSSR count). The fourth-order valence-electron chi connectivity index (χ4n) is 4.11. The van der Waals surface area contributed by atoms with Gasteiger partial charge in [-0.05, 0) is 11.8 Å². The molecule has 2 atom stereocenters. The Kier molecular flexibility index (Phi) is 21.3. The van der Waals surface area contributed by atoms with Crippen molar-refractivity contribution in [3.63, 3.8) is 0 Å². The Balaban J connectivity index is 3.24. The van der Waals surface area contributed by atoms with Crippen molar-refractivity contribution in [2.75, 3.05) is 0 Å². The maximum atomic E-state index is 2.49. The van der Waals surface area contributed by atoms with E-state index >= 15 is 0 Å². The summed E-state index contributed by atoms with van der Waals surface area (Å²) in [6.45, 7) is 9.57. The zero-order valence-corrected chi connectivity index (χ0v) is 19.3. The van der Waals surface area contributed by atoms with E-state index in [2.05, 4.69) is 27.7 Å². The van der Waals surface area contributed by atoms with E-state index in [1.807, 2.05) is 0 Å². The summed E-state index contributed by atoms with van der Waals surface area (Å²) in [5, 5.41) is 0. The minimum Gasteiger partial charge on any atom is -0.0654 e. The van der Waals surface area contributed by atoms with Crippen molar-refractivity contribution in [2.24, 2.45) is 11.8 Å². The van der Waals surface area contributed by atoms with Gasteiger partial charge in [-0.1, -0.05) is 156 Å². The largest absolute Gasteiger partial charge is 0.0654 e. The van der Waals surface area contributed by atoms with Crippen molar-refractivity contribution in [1.29, 1.82) is 0 Å². The molecule has 0 aliphatic rings. The van der Waals surface area contributed by atoms with Crippen molar-refractivity contribution in [2.45, 2.75) is 156 Å². The van der Waals surface area contributed by atoms with Crippen LogP contribution in [0.3, 0.4) is 0 Å². The fraction of sp³-hybridized carbons (Fsp3) is 1.00. The molecular formula is C26H54. The molecule has 0 aromatic heterocycles. The van der Waals surface area contributed by atoms with Crippen molar-refractivity contribution in [3.05, 3.63) is 0 Å². The highest BCUT2D eigenvalue weighted by Crippen LogP contribution is 2.22. The molecule has 0 saturated carbocycles. The molecule has 0 N–H and O–H groups in total. The summed E-state index contributed by atoms with van der Waals surface area (Å²) < 4.78 is 0. The van der Waals surface area contributed by atoms with Crippen molar-refractivity contribution in [3.8, 4) is 0 Å². The summed E-state index contributed by atoms with van der Waals surface area (Å²) in [6.07, 6.45) is 29.2. The lowest BCUT2D eigenvalue weighted by Crippen LogP contribution is -2.01. The first-order valence-electron chi connectivity index (χ1n) is 12.7. The van der Waals surface area contributed by atoms with Gasteiger partial charge in [-0.3, -0.25) is 0 Å². The molecule has 0 bridgehead atoms. The summed E-state index contributed by atoms with van der Waals surface area (Å²) in [6, 6.07) is 0. The second-order valence-corrected chi connectivity index (χ2v) is 9.31. The number of unbranched alkanes of at least 4 members (excludes halogenated alkanes) is 14. The van der Waals surface area contributed by atoms with Crippen molar-refractivity contribution in [1.82, 2.24) is 0 Å². The predicted octanol–water partition coefficient (Wildman–Crippen LogP) is 10.1. The Hall–Kier alpha value is 0. The van der Waals surface area contributed by atoms with E-state index in [1.165, 1.54) is 128 Å². The van der Waals surface area contributed by atoms with Gasteiger partial charge in [0, 0.05) is 0 Å². The molecule has 0 aromatic carbocycles. The molecule has 158 valence electrons. The molecular weight excluding hydrogens is 312 g/mol. The van der Waals surface area contributed by atoms with E-state index in [0.717, 1.165) is 11.8 Å². The molecule has 26 heavy (non-hydrogen) atoms. The quantitative estimate of drug-likeness (QED) is 0.177. The average Bonchev–Trinajstić information content (AvgIpc) is 2.64. The summed E-state index contributed by atoms with van der Waals surface area (Å²) in [4.78, 5) is 0. The van der Waals surface area contributed by atoms with E-state index in [4.69, 9.17) is 0 Å². The predicted molar refractivity (Wildman–Crippen MR) is 122 cm³/mol. The van der Waals surface area contributed by atoms with Crippen LogP contribution in [0.15, 0.2) is 0 Å². The van der Waals surface area contributed by atoms with Crippen LogP contribution in [-0.4, -0.2) is 0 Å². The first-order chi connectivity index (χ1) is 12.7. The highest BCUT2D eigenvalue weighted by atomic mass is 14.1. The summed E-state index contributed by atoms with van der Waals surface area (Å²) >= 11 is 0. The Morgan fingerprint density at radius 3 is 0.962 bits per heavy atom. The molecule has 0 aliphatic heterocycles. The van der Waals surface area contributed by atoms with Gasteiger partial charge in [0.2, 0.25) is 0 Å². The molecule has 0 saturated heterocycles. The zero-order valence-electron chi connectivity index (χ0n) is 19.3. The molecule has 0 heteroatoms. The van der Waals surface area contributed by atoms with Gasteiger partial charge in [-0.25, -0.2) is 0 Å². The molecule has 2 unspecified atom stereocenters. The van der Waals surface area contributed by atoms with Crippen LogP contribution in [0.2, 0.25) is 0 Å². The van der Waals surface area contributed by atoms with Gasteiger partial charge < -0.3 is 0 Å². The first kappa shape index (κ1) is 26.0. The second-order valence-electron chi connectivity index (χ2n) is 9.31. The van der Waals surface area contributed by atoms with Gasteiger partial charge in [0.05, 0.1) is 0 Å².